The van der Waals surface area contributed by atoms with Crippen LogP contribution in [0, 0.1) is 5.92 Å². The minimum absolute atomic E-state index is 0.00899. The molecule has 21 heavy (non-hydrogen) atoms. The lowest BCUT2D eigenvalue weighted by atomic mass is 10.2. The normalized spacial score (nSPS) is 12.2. The van der Waals surface area contributed by atoms with Gasteiger partial charge in [-0.3, -0.25) is 4.79 Å². The Bertz CT molecular complexity index is 643. The number of carbonyl (C=O) groups excluding carboxylic acids is 1. The second kappa shape index (κ2) is 6.93. The number of aliphatic hydroxyl groups excluding tert-OH is 1. The van der Waals surface area contributed by atoms with Crippen LogP contribution in [0.4, 0.5) is 0 Å². The molecule has 0 saturated heterocycles. The first-order valence-corrected chi connectivity index (χ1v) is 7.16. The molecule has 0 radical (unpaired) electrons. The number of nitrogens with one attached hydrogen (secondary N) is 1. The topological polar surface area (TPSA) is 67.2 Å². The number of hydrogen-bond acceptors (Lipinski definition) is 3. The summed E-state index contributed by atoms with van der Waals surface area (Å²) in [6.07, 6.45) is 3.05. The number of aliphatic hydroxyl groups is 1. The average molecular weight is 328 g/mol. The fourth-order valence-electron chi connectivity index (χ4n) is 1.67. The van der Waals surface area contributed by atoms with Crippen LogP contribution in [0.15, 0.2) is 30.6 Å². The van der Waals surface area contributed by atoms with E-state index < -0.39 is 0 Å². The largest absolute Gasteiger partial charge is 0.396 e. The van der Waals surface area contributed by atoms with Gasteiger partial charge in [-0.15, -0.1) is 0 Å². The van der Waals surface area contributed by atoms with E-state index in [0.717, 1.165) is 0 Å². The van der Waals surface area contributed by atoms with Crippen LogP contribution in [0.5, 0.6) is 0 Å². The lowest BCUT2D eigenvalue weighted by Gasteiger charge is -2.08. The van der Waals surface area contributed by atoms with Crippen molar-refractivity contribution >= 4 is 29.1 Å². The Labute approximate surface area is 132 Å². The molecule has 7 heteroatoms. The Morgan fingerprint density at radius 2 is 2.24 bits per heavy atom. The number of aromatic nitrogens is 2. The van der Waals surface area contributed by atoms with Crippen molar-refractivity contribution in [2.45, 2.75) is 6.92 Å². The van der Waals surface area contributed by atoms with Crippen molar-refractivity contribution in [3.05, 3.63) is 46.2 Å². The van der Waals surface area contributed by atoms with Crippen LogP contribution in [0.25, 0.3) is 5.69 Å². The summed E-state index contributed by atoms with van der Waals surface area (Å²) in [6.45, 7) is 2.28. The summed E-state index contributed by atoms with van der Waals surface area (Å²) in [4.78, 5) is 11.9. The van der Waals surface area contributed by atoms with Crippen molar-refractivity contribution < 1.29 is 9.90 Å². The zero-order chi connectivity index (χ0) is 15.4. The van der Waals surface area contributed by atoms with E-state index in [1.54, 1.807) is 24.4 Å². The minimum Gasteiger partial charge on any atom is -0.396 e. The fourth-order valence-corrected chi connectivity index (χ4v) is 2.17. The second-order valence-corrected chi connectivity index (χ2v) is 5.61. The molecule has 2 rings (SSSR count). The van der Waals surface area contributed by atoms with Crippen LogP contribution in [0.2, 0.25) is 10.0 Å². The number of hydrogen-bond donors (Lipinski definition) is 2. The second-order valence-electron chi connectivity index (χ2n) is 4.77. The van der Waals surface area contributed by atoms with Crippen molar-refractivity contribution in [3.8, 4) is 5.69 Å². The summed E-state index contributed by atoms with van der Waals surface area (Å²) < 4.78 is 1.52. The van der Waals surface area contributed by atoms with Gasteiger partial charge in [-0.2, -0.15) is 5.10 Å². The third-order valence-electron chi connectivity index (χ3n) is 2.92. The summed E-state index contributed by atoms with van der Waals surface area (Å²) in [6, 6.07) is 5.04. The summed E-state index contributed by atoms with van der Waals surface area (Å²) >= 11 is 11.9. The monoisotopic (exact) mass is 327 g/mol. The van der Waals surface area contributed by atoms with Gasteiger partial charge >= 0.3 is 0 Å². The van der Waals surface area contributed by atoms with E-state index in [2.05, 4.69) is 10.4 Å². The molecule has 1 amide bonds. The standard InChI is InChI=1S/C14H15Cl2N3O2/c1-9(8-20)5-17-14(21)10-6-18-19(7-10)13-3-2-11(15)4-12(13)16/h2-4,6-7,9,20H,5,8H2,1H3,(H,17,21). The molecule has 1 atom stereocenters. The van der Waals surface area contributed by atoms with E-state index in [4.69, 9.17) is 28.3 Å². The zero-order valence-electron chi connectivity index (χ0n) is 11.4. The molecule has 0 bridgehead atoms. The average Bonchev–Trinajstić information content (AvgIpc) is 2.93. The van der Waals surface area contributed by atoms with E-state index in [1.807, 2.05) is 6.92 Å². The van der Waals surface area contributed by atoms with Gasteiger partial charge in [0, 0.05) is 24.4 Å². The van der Waals surface area contributed by atoms with Crippen LogP contribution < -0.4 is 5.32 Å². The molecule has 2 aromatic rings. The molecule has 1 heterocycles. The molecule has 0 spiro atoms. The summed E-state index contributed by atoms with van der Waals surface area (Å²) in [5.41, 5.74) is 1.06. The van der Waals surface area contributed by atoms with Crippen molar-refractivity contribution in [2.75, 3.05) is 13.2 Å². The van der Waals surface area contributed by atoms with Gasteiger partial charge in [-0.05, 0) is 24.1 Å². The molecule has 0 aliphatic rings. The Kier molecular flexibility index (Phi) is 5.22. The molecular formula is C14H15Cl2N3O2. The van der Waals surface area contributed by atoms with E-state index >= 15 is 0 Å². The molecule has 2 N–H and O–H groups in total. The van der Waals surface area contributed by atoms with Gasteiger partial charge in [-0.25, -0.2) is 4.68 Å². The molecule has 1 aromatic carbocycles. The maximum atomic E-state index is 11.9. The van der Waals surface area contributed by atoms with Gasteiger partial charge in [-0.1, -0.05) is 30.1 Å². The fraction of sp³-hybridized carbons (Fsp3) is 0.286. The van der Waals surface area contributed by atoms with Crippen LogP contribution >= 0.6 is 23.2 Å². The predicted octanol–water partition coefficient (Wildman–Crippen LogP) is 2.54. The van der Waals surface area contributed by atoms with Crippen molar-refractivity contribution in [3.63, 3.8) is 0 Å². The number of benzene rings is 1. The molecule has 1 aromatic heterocycles. The van der Waals surface area contributed by atoms with Crippen molar-refractivity contribution in [1.29, 1.82) is 0 Å². The first-order chi connectivity index (χ1) is 10.0. The summed E-state index contributed by atoms with van der Waals surface area (Å²) in [7, 11) is 0. The van der Waals surface area contributed by atoms with Gasteiger partial charge in [0.15, 0.2) is 0 Å². The molecule has 5 nitrogen and oxygen atoms in total. The number of carbonyl (C=O) groups is 1. The van der Waals surface area contributed by atoms with Crippen LogP contribution in [0.3, 0.4) is 0 Å². The lowest BCUT2D eigenvalue weighted by Crippen LogP contribution is -2.29. The SMILES string of the molecule is CC(CO)CNC(=O)c1cnn(-c2ccc(Cl)cc2Cl)c1. The van der Waals surface area contributed by atoms with E-state index in [9.17, 15) is 4.79 Å². The van der Waals surface area contributed by atoms with Crippen LogP contribution in [-0.4, -0.2) is 33.9 Å². The molecule has 112 valence electrons. The first-order valence-electron chi connectivity index (χ1n) is 6.40. The zero-order valence-corrected chi connectivity index (χ0v) is 12.9. The Morgan fingerprint density at radius 1 is 1.48 bits per heavy atom. The third-order valence-corrected chi connectivity index (χ3v) is 3.46. The van der Waals surface area contributed by atoms with Crippen molar-refractivity contribution in [1.82, 2.24) is 15.1 Å². The highest BCUT2D eigenvalue weighted by Crippen LogP contribution is 2.24. The Hall–Kier alpha value is -1.56. The molecular weight excluding hydrogens is 313 g/mol. The first kappa shape index (κ1) is 15.8. The maximum Gasteiger partial charge on any atom is 0.254 e. The maximum absolute atomic E-state index is 11.9. The number of amides is 1. The Morgan fingerprint density at radius 3 is 2.90 bits per heavy atom. The van der Waals surface area contributed by atoms with E-state index in [0.29, 0.717) is 27.8 Å². The quantitative estimate of drug-likeness (QED) is 0.886. The molecule has 0 aliphatic heterocycles. The summed E-state index contributed by atoms with van der Waals surface area (Å²) in [5.74, 6) is -0.235. The molecule has 0 saturated carbocycles. The van der Waals surface area contributed by atoms with Crippen LogP contribution in [0.1, 0.15) is 17.3 Å². The number of rotatable bonds is 5. The smallest absolute Gasteiger partial charge is 0.254 e. The van der Waals surface area contributed by atoms with Gasteiger partial charge in [0.1, 0.15) is 0 Å². The Balaban J connectivity index is 2.12. The number of nitrogens with zero attached hydrogens (tertiary/aromatic N) is 2. The van der Waals surface area contributed by atoms with Gasteiger partial charge in [0.25, 0.3) is 5.91 Å². The van der Waals surface area contributed by atoms with Gasteiger partial charge < -0.3 is 10.4 Å². The highest BCUT2D eigenvalue weighted by molar-refractivity contribution is 6.35. The minimum atomic E-state index is -0.244. The highest BCUT2D eigenvalue weighted by Gasteiger charge is 2.12. The molecule has 1 unspecified atom stereocenters. The molecule has 0 fully saturated rings. The summed E-state index contributed by atoms with van der Waals surface area (Å²) in [5, 5.41) is 16.8. The third kappa shape index (κ3) is 3.97. The highest BCUT2D eigenvalue weighted by atomic mass is 35.5. The molecule has 0 aliphatic carbocycles. The lowest BCUT2D eigenvalue weighted by molar-refractivity contribution is 0.0942. The van der Waals surface area contributed by atoms with Crippen LogP contribution in [-0.2, 0) is 0 Å². The van der Waals surface area contributed by atoms with Gasteiger partial charge in [0.2, 0.25) is 0 Å². The number of halogens is 2. The van der Waals surface area contributed by atoms with E-state index in [1.165, 1.54) is 10.9 Å². The van der Waals surface area contributed by atoms with Crippen molar-refractivity contribution in [2.24, 2.45) is 5.92 Å². The predicted molar refractivity (Wildman–Crippen MR) is 82.2 cm³/mol. The van der Waals surface area contributed by atoms with Gasteiger partial charge in [0.05, 0.1) is 22.5 Å². The van der Waals surface area contributed by atoms with E-state index in [-0.39, 0.29) is 18.4 Å².